The number of aromatic nitrogens is 2. The van der Waals surface area contributed by atoms with Crippen molar-refractivity contribution in [1.29, 1.82) is 0 Å². The van der Waals surface area contributed by atoms with E-state index in [2.05, 4.69) is 15.3 Å². The van der Waals surface area contributed by atoms with Gasteiger partial charge in [0.25, 0.3) is 0 Å². The highest BCUT2D eigenvalue weighted by Gasteiger charge is 2.08. The van der Waals surface area contributed by atoms with E-state index in [0.717, 1.165) is 0 Å². The minimum Gasteiger partial charge on any atom is -0.491 e. The second kappa shape index (κ2) is 6.04. The number of nitrogens with one attached hydrogen (secondary N) is 1. The van der Waals surface area contributed by atoms with Crippen molar-refractivity contribution in [2.24, 2.45) is 0 Å². The van der Waals surface area contributed by atoms with E-state index >= 15 is 0 Å². The second-order valence-electron chi connectivity index (χ2n) is 3.54. The second-order valence-corrected chi connectivity index (χ2v) is 4.28. The average molecular weight is 302 g/mol. The van der Waals surface area contributed by atoms with Crippen molar-refractivity contribution < 1.29 is 9.13 Å². The molecule has 0 spiro atoms. The molecule has 0 aliphatic carbocycles. The highest BCUT2D eigenvalue weighted by molar-refractivity contribution is 6.33. The van der Waals surface area contributed by atoms with Crippen molar-refractivity contribution in [3.8, 4) is 5.75 Å². The van der Waals surface area contributed by atoms with Gasteiger partial charge in [-0.2, -0.15) is 4.98 Å². The summed E-state index contributed by atoms with van der Waals surface area (Å²) >= 11 is 11.6. The number of benzene rings is 1. The van der Waals surface area contributed by atoms with E-state index in [1.807, 2.05) is 0 Å². The zero-order valence-corrected chi connectivity index (χ0v) is 11.5. The topological polar surface area (TPSA) is 47.0 Å². The van der Waals surface area contributed by atoms with E-state index in [1.54, 1.807) is 13.0 Å². The molecule has 4 nitrogen and oxygen atoms in total. The zero-order chi connectivity index (χ0) is 13.8. The van der Waals surface area contributed by atoms with Gasteiger partial charge < -0.3 is 10.1 Å². The lowest BCUT2D eigenvalue weighted by Crippen LogP contribution is -1.98. The Bertz CT molecular complexity index is 595. The van der Waals surface area contributed by atoms with Gasteiger partial charge in [0.1, 0.15) is 5.02 Å². The van der Waals surface area contributed by atoms with Gasteiger partial charge in [0.15, 0.2) is 17.4 Å². The standard InChI is InChI=1S/C12H10Cl2FN3O/c1-2-19-10-4-3-7(5-9(10)15)17-11-8(13)6-16-12(14)18-11/h3-6H,2H2,1H3,(H,16,17,18). The maximum absolute atomic E-state index is 13.7. The highest BCUT2D eigenvalue weighted by atomic mass is 35.5. The molecule has 7 heteroatoms. The fourth-order valence-corrected chi connectivity index (χ4v) is 1.69. The molecule has 0 bridgehead atoms. The van der Waals surface area contributed by atoms with E-state index in [-0.39, 0.29) is 11.0 Å². The van der Waals surface area contributed by atoms with Crippen molar-refractivity contribution in [3.05, 3.63) is 40.5 Å². The molecule has 0 atom stereocenters. The molecule has 2 rings (SSSR count). The Morgan fingerprint density at radius 2 is 2.16 bits per heavy atom. The smallest absolute Gasteiger partial charge is 0.224 e. The molecule has 0 unspecified atom stereocenters. The molecular formula is C12H10Cl2FN3O. The number of nitrogens with zero attached hydrogens (tertiary/aromatic N) is 2. The Balaban J connectivity index is 2.24. The Morgan fingerprint density at radius 3 is 2.84 bits per heavy atom. The summed E-state index contributed by atoms with van der Waals surface area (Å²) in [6, 6.07) is 4.47. The Labute approximate surface area is 119 Å². The first-order valence-electron chi connectivity index (χ1n) is 5.47. The van der Waals surface area contributed by atoms with Crippen LogP contribution in [0.1, 0.15) is 6.92 Å². The molecule has 1 heterocycles. The molecular weight excluding hydrogens is 292 g/mol. The van der Waals surface area contributed by atoms with E-state index < -0.39 is 5.82 Å². The number of rotatable bonds is 4. The van der Waals surface area contributed by atoms with Crippen LogP contribution in [0.2, 0.25) is 10.3 Å². The number of hydrogen-bond acceptors (Lipinski definition) is 4. The number of anilines is 2. The molecule has 1 N–H and O–H groups in total. The Hall–Kier alpha value is -1.59. The average Bonchev–Trinajstić information content (AvgIpc) is 2.37. The van der Waals surface area contributed by atoms with Crippen LogP contribution in [0.4, 0.5) is 15.9 Å². The minimum atomic E-state index is -0.469. The predicted octanol–water partition coefficient (Wildman–Crippen LogP) is 4.06. The highest BCUT2D eigenvalue weighted by Crippen LogP contribution is 2.26. The fourth-order valence-electron chi connectivity index (χ4n) is 1.42. The first-order chi connectivity index (χ1) is 9.10. The van der Waals surface area contributed by atoms with Crippen molar-refractivity contribution in [2.75, 3.05) is 11.9 Å². The lowest BCUT2D eigenvalue weighted by atomic mass is 10.3. The van der Waals surface area contributed by atoms with Gasteiger partial charge in [0.2, 0.25) is 5.28 Å². The SMILES string of the molecule is CCOc1ccc(Nc2nc(Cl)ncc2Cl)cc1F. The minimum absolute atomic E-state index is 0.0540. The van der Waals surface area contributed by atoms with Crippen LogP contribution in [0.5, 0.6) is 5.75 Å². The summed E-state index contributed by atoms with van der Waals surface area (Å²) in [5.41, 5.74) is 0.484. The summed E-state index contributed by atoms with van der Waals surface area (Å²) in [4.78, 5) is 7.64. The first kappa shape index (κ1) is 13.8. The molecule has 0 saturated carbocycles. The van der Waals surface area contributed by atoms with Crippen LogP contribution in [0.15, 0.2) is 24.4 Å². The molecule has 0 radical (unpaired) electrons. The van der Waals surface area contributed by atoms with Gasteiger partial charge in [-0.25, -0.2) is 9.37 Å². The Morgan fingerprint density at radius 1 is 1.37 bits per heavy atom. The molecule has 1 aromatic carbocycles. The largest absolute Gasteiger partial charge is 0.491 e. The van der Waals surface area contributed by atoms with E-state index in [0.29, 0.717) is 23.1 Å². The van der Waals surface area contributed by atoms with Gasteiger partial charge in [-0.05, 0) is 30.7 Å². The van der Waals surface area contributed by atoms with Crippen molar-refractivity contribution in [2.45, 2.75) is 6.92 Å². The molecule has 1 aromatic heterocycles. The van der Waals surface area contributed by atoms with Gasteiger partial charge in [0.05, 0.1) is 12.8 Å². The summed E-state index contributed by atoms with van der Waals surface area (Å²) in [7, 11) is 0. The molecule has 100 valence electrons. The molecule has 0 amide bonds. The summed E-state index contributed by atoms with van der Waals surface area (Å²) in [6.07, 6.45) is 1.37. The third kappa shape index (κ3) is 3.45. The van der Waals surface area contributed by atoms with Crippen LogP contribution in [0.3, 0.4) is 0 Å². The van der Waals surface area contributed by atoms with Crippen LogP contribution < -0.4 is 10.1 Å². The first-order valence-corrected chi connectivity index (χ1v) is 6.23. The lowest BCUT2D eigenvalue weighted by Gasteiger charge is -2.09. The summed E-state index contributed by atoms with van der Waals surface area (Å²) in [6.45, 7) is 2.19. The lowest BCUT2D eigenvalue weighted by molar-refractivity contribution is 0.321. The fraction of sp³-hybridized carbons (Fsp3) is 0.167. The zero-order valence-electron chi connectivity index (χ0n) is 9.95. The normalized spacial score (nSPS) is 10.3. The predicted molar refractivity (Wildman–Crippen MR) is 72.9 cm³/mol. The van der Waals surface area contributed by atoms with Crippen LogP contribution >= 0.6 is 23.2 Å². The Kier molecular flexibility index (Phi) is 4.39. The maximum Gasteiger partial charge on any atom is 0.224 e. The molecule has 0 saturated heterocycles. The van der Waals surface area contributed by atoms with Crippen LogP contribution in [-0.2, 0) is 0 Å². The van der Waals surface area contributed by atoms with Gasteiger partial charge >= 0.3 is 0 Å². The molecule has 0 aliphatic rings. The van der Waals surface area contributed by atoms with Gasteiger partial charge in [-0.3, -0.25) is 0 Å². The number of ether oxygens (including phenoxy) is 1. The maximum atomic E-state index is 13.7. The number of hydrogen-bond donors (Lipinski definition) is 1. The van der Waals surface area contributed by atoms with E-state index in [1.165, 1.54) is 18.3 Å². The van der Waals surface area contributed by atoms with Crippen LogP contribution in [-0.4, -0.2) is 16.6 Å². The molecule has 2 aromatic rings. The van der Waals surface area contributed by atoms with Crippen LogP contribution in [0.25, 0.3) is 0 Å². The summed E-state index contributed by atoms with van der Waals surface area (Å²) in [5.74, 6) is 0.0354. The quantitative estimate of drug-likeness (QED) is 0.865. The molecule has 0 fully saturated rings. The van der Waals surface area contributed by atoms with Gasteiger partial charge in [-0.15, -0.1) is 0 Å². The molecule has 19 heavy (non-hydrogen) atoms. The van der Waals surface area contributed by atoms with E-state index in [9.17, 15) is 4.39 Å². The van der Waals surface area contributed by atoms with Crippen molar-refractivity contribution in [3.63, 3.8) is 0 Å². The van der Waals surface area contributed by atoms with Crippen LogP contribution in [0, 0.1) is 5.82 Å². The van der Waals surface area contributed by atoms with Crippen molar-refractivity contribution in [1.82, 2.24) is 9.97 Å². The monoisotopic (exact) mass is 301 g/mol. The van der Waals surface area contributed by atoms with Crippen molar-refractivity contribution >= 4 is 34.7 Å². The third-order valence-electron chi connectivity index (χ3n) is 2.21. The van der Waals surface area contributed by atoms with Gasteiger partial charge in [-0.1, -0.05) is 11.6 Å². The van der Waals surface area contributed by atoms with E-state index in [4.69, 9.17) is 27.9 Å². The summed E-state index contributed by atoms with van der Waals surface area (Å²) < 4.78 is 18.8. The number of halogens is 3. The summed E-state index contributed by atoms with van der Waals surface area (Å²) in [5, 5.41) is 3.20. The third-order valence-corrected chi connectivity index (χ3v) is 2.67. The van der Waals surface area contributed by atoms with Gasteiger partial charge in [0, 0.05) is 11.8 Å². The molecule has 0 aliphatic heterocycles.